The first-order valence-electron chi connectivity index (χ1n) is 11.6. The number of halogens is 3. The molecule has 8 nitrogen and oxygen atoms in total. The molecule has 0 unspecified atom stereocenters. The third kappa shape index (κ3) is 5.56. The number of aryl methyl sites for hydroxylation is 1. The predicted octanol–water partition coefficient (Wildman–Crippen LogP) is 2.43. The average molecular weight is 522 g/mol. The Morgan fingerprint density at radius 3 is 2.43 bits per heavy atom. The fraction of sp³-hybridized carbons (Fsp3) is 0.423. The highest BCUT2D eigenvalue weighted by Gasteiger charge is 2.64. The molecule has 0 spiro atoms. The van der Waals surface area contributed by atoms with Crippen LogP contribution in [0.5, 0.6) is 5.75 Å². The van der Waals surface area contributed by atoms with Crippen LogP contribution in [0.4, 0.5) is 13.2 Å². The Morgan fingerprint density at radius 2 is 1.78 bits per heavy atom. The zero-order valence-corrected chi connectivity index (χ0v) is 20.9. The molecule has 200 valence electrons. The fourth-order valence-corrected chi connectivity index (χ4v) is 4.33. The summed E-state index contributed by atoms with van der Waals surface area (Å²) >= 11 is 0. The number of likely N-dealkylation sites (tertiary alicyclic amines) is 1. The molecule has 1 heterocycles. The van der Waals surface area contributed by atoms with Gasteiger partial charge in [0.2, 0.25) is 5.91 Å². The molecular weight excluding hydrogens is 491 g/mol. The van der Waals surface area contributed by atoms with Gasteiger partial charge >= 0.3 is 0 Å². The normalized spacial score (nSPS) is 18.8. The van der Waals surface area contributed by atoms with E-state index in [4.69, 9.17) is 0 Å². The molecule has 1 saturated heterocycles. The molecule has 11 heteroatoms. The van der Waals surface area contributed by atoms with E-state index in [0.717, 1.165) is 13.8 Å². The lowest BCUT2D eigenvalue weighted by Gasteiger charge is -2.33. The Morgan fingerprint density at radius 1 is 1.14 bits per heavy atom. The van der Waals surface area contributed by atoms with Crippen molar-refractivity contribution in [3.8, 4) is 5.75 Å². The predicted molar refractivity (Wildman–Crippen MR) is 128 cm³/mol. The summed E-state index contributed by atoms with van der Waals surface area (Å²) in [6.45, 7) is 3.44. The highest BCUT2D eigenvalue weighted by atomic mass is 19.3. The van der Waals surface area contributed by atoms with Crippen molar-refractivity contribution in [2.45, 2.75) is 52.3 Å². The maximum Gasteiger partial charge on any atom is 0.272 e. The van der Waals surface area contributed by atoms with Crippen LogP contribution in [0.15, 0.2) is 36.4 Å². The van der Waals surface area contributed by atoms with Gasteiger partial charge in [-0.05, 0) is 37.6 Å². The molecular formula is C26H30F3N3O5. The van der Waals surface area contributed by atoms with Crippen LogP contribution < -0.4 is 10.6 Å². The van der Waals surface area contributed by atoms with Crippen LogP contribution in [-0.4, -0.2) is 64.0 Å². The number of benzene rings is 2. The van der Waals surface area contributed by atoms with Crippen molar-refractivity contribution in [1.82, 2.24) is 15.5 Å². The van der Waals surface area contributed by atoms with Gasteiger partial charge in [-0.15, -0.1) is 0 Å². The third-order valence-electron chi connectivity index (χ3n) is 6.76. The first kappa shape index (κ1) is 28.0. The molecule has 4 N–H and O–H groups in total. The summed E-state index contributed by atoms with van der Waals surface area (Å²) in [6, 6.07) is 6.95. The zero-order chi connectivity index (χ0) is 27.7. The smallest absolute Gasteiger partial charge is 0.272 e. The SMILES string of the molecule is Cc1cc(O)c(C)c(C(=O)NC[C@H](O)C(=O)N2CC(F)(F)C(C)(C)[C@H]2C(=O)NCc2ccccc2F)c1. The van der Waals surface area contributed by atoms with Crippen molar-refractivity contribution < 1.29 is 37.8 Å². The number of rotatable bonds is 7. The number of aromatic hydroxyl groups is 1. The number of aliphatic hydroxyl groups excluding tert-OH is 1. The molecule has 2 aromatic carbocycles. The monoisotopic (exact) mass is 521 g/mol. The Kier molecular flexibility index (Phi) is 7.87. The van der Waals surface area contributed by atoms with Gasteiger partial charge in [0.15, 0.2) is 0 Å². The molecule has 3 amide bonds. The van der Waals surface area contributed by atoms with Crippen molar-refractivity contribution in [3.05, 3.63) is 64.5 Å². The summed E-state index contributed by atoms with van der Waals surface area (Å²) in [6.07, 6.45) is -1.92. The van der Waals surface area contributed by atoms with Crippen molar-refractivity contribution in [2.75, 3.05) is 13.1 Å². The number of nitrogens with zero attached hydrogens (tertiary/aromatic N) is 1. The van der Waals surface area contributed by atoms with Gasteiger partial charge in [0.05, 0.1) is 18.5 Å². The van der Waals surface area contributed by atoms with Crippen LogP contribution in [0.1, 0.15) is 40.9 Å². The first-order chi connectivity index (χ1) is 17.2. The van der Waals surface area contributed by atoms with Crippen LogP contribution in [0, 0.1) is 25.1 Å². The van der Waals surface area contributed by atoms with Crippen LogP contribution >= 0.6 is 0 Å². The first-order valence-corrected chi connectivity index (χ1v) is 11.6. The van der Waals surface area contributed by atoms with E-state index < -0.39 is 60.1 Å². The van der Waals surface area contributed by atoms with E-state index in [-0.39, 0.29) is 29.0 Å². The summed E-state index contributed by atoms with van der Waals surface area (Å²) in [7, 11) is 0. The second-order valence-corrected chi connectivity index (χ2v) is 9.79. The number of aliphatic hydroxyl groups is 1. The number of hydrogen-bond donors (Lipinski definition) is 4. The van der Waals surface area contributed by atoms with Gasteiger partial charge in [0.25, 0.3) is 17.7 Å². The minimum Gasteiger partial charge on any atom is -0.508 e. The molecule has 3 rings (SSSR count). The minimum absolute atomic E-state index is 0.104. The molecule has 1 aliphatic rings. The van der Waals surface area contributed by atoms with Crippen LogP contribution in [-0.2, 0) is 16.1 Å². The quantitative estimate of drug-likeness (QED) is 0.446. The molecule has 1 fully saturated rings. The highest BCUT2D eigenvalue weighted by Crippen LogP contribution is 2.48. The summed E-state index contributed by atoms with van der Waals surface area (Å²) < 4.78 is 43.7. The van der Waals surface area contributed by atoms with Crippen LogP contribution in [0.2, 0.25) is 0 Å². The van der Waals surface area contributed by atoms with E-state index in [9.17, 15) is 37.8 Å². The van der Waals surface area contributed by atoms with Gasteiger partial charge in [-0.3, -0.25) is 14.4 Å². The maximum absolute atomic E-state index is 14.9. The average Bonchev–Trinajstić information content (AvgIpc) is 3.02. The molecule has 1 aliphatic heterocycles. The van der Waals surface area contributed by atoms with Gasteiger partial charge in [0, 0.05) is 23.2 Å². The number of phenols is 1. The van der Waals surface area contributed by atoms with E-state index in [1.54, 1.807) is 13.0 Å². The fourth-order valence-electron chi connectivity index (χ4n) is 4.33. The van der Waals surface area contributed by atoms with Crippen molar-refractivity contribution in [2.24, 2.45) is 5.41 Å². The second kappa shape index (κ2) is 10.4. The Labute approximate surface area is 212 Å². The van der Waals surface area contributed by atoms with E-state index >= 15 is 0 Å². The molecule has 0 aliphatic carbocycles. The number of phenolic OH excluding ortho intramolecular Hbond substituents is 1. The molecule has 2 atom stereocenters. The van der Waals surface area contributed by atoms with Crippen LogP contribution in [0.3, 0.4) is 0 Å². The topological polar surface area (TPSA) is 119 Å². The lowest BCUT2D eigenvalue weighted by atomic mass is 9.81. The third-order valence-corrected chi connectivity index (χ3v) is 6.76. The number of alkyl halides is 2. The maximum atomic E-state index is 14.9. The highest BCUT2D eigenvalue weighted by molar-refractivity contribution is 5.97. The Balaban J connectivity index is 1.74. The number of carbonyl (C=O) groups excluding carboxylic acids is 3. The van der Waals surface area contributed by atoms with Gasteiger partial charge in [0.1, 0.15) is 23.7 Å². The number of nitrogens with one attached hydrogen (secondary N) is 2. The minimum atomic E-state index is -3.47. The van der Waals surface area contributed by atoms with E-state index in [2.05, 4.69) is 10.6 Å². The lowest BCUT2D eigenvalue weighted by Crippen LogP contribution is -2.55. The van der Waals surface area contributed by atoms with E-state index in [0.29, 0.717) is 10.5 Å². The summed E-state index contributed by atoms with van der Waals surface area (Å²) in [5.74, 6) is -6.94. The molecule has 0 radical (unpaired) electrons. The van der Waals surface area contributed by atoms with E-state index in [1.165, 1.54) is 37.3 Å². The largest absolute Gasteiger partial charge is 0.508 e. The van der Waals surface area contributed by atoms with E-state index in [1.807, 2.05) is 0 Å². The summed E-state index contributed by atoms with van der Waals surface area (Å²) in [4.78, 5) is 39.2. The zero-order valence-electron chi connectivity index (χ0n) is 20.9. The van der Waals surface area contributed by atoms with Gasteiger partial charge < -0.3 is 25.7 Å². The Bertz CT molecular complexity index is 1220. The van der Waals surface area contributed by atoms with Crippen LogP contribution in [0.25, 0.3) is 0 Å². The number of hydrogen-bond acceptors (Lipinski definition) is 5. The van der Waals surface area contributed by atoms with Gasteiger partial charge in [-0.2, -0.15) is 0 Å². The lowest BCUT2D eigenvalue weighted by molar-refractivity contribution is -0.146. The van der Waals surface area contributed by atoms with Crippen molar-refractivity contribution in [3.63, 3.8) is 0 Å². The molecule has 37 heavy (non-hydrogen) atoms. The summed E-state index contributed by atoms with van der Waals surface area (Å²) in [5.41, 5.74) is -0.846. The molecule has 0 saturated carbocycles. The van der Waals surface area contributed by atoms with Crippen molar-refractivity contribution >= 4 is 17.7 Å². The number of carbonyl (C=O) groups is 3. The molecule has 0 aromatic heterocycles. The second-order valence-electron chi connectivity index (χ2n) is 9.79. The van der Waals surface area contributed by atoms with Gasteiger partial charge in [-0.25, -0.2) is 13.2 Å². The van der Waals surface area contributed by atoms with Crippen molar-refractivity contribution in [1.29, 1.82) is 0 Å². The number of amides is 3. The van der Waals surface area contributed by atoms with Gasteiger partial charge in [-0.1, -0.05) is 32.0 Å². The summed E-state index contributed by atoms with van der Waals surface area (Å²) in [5, 5.41) is 25.2. The Hall–Kier alpha value is -3.60. The molecule has 2 aromatic rings. The standard InChI is InChI=1S/C26H30F3N3O5/c1-14-9-17(15(2)19(33)10-14)22(35)31-12-20(34)24(37)32-13-26(28,29)25(3,4)21(32)23(36)30-11-16-7-5-6-8-18(16)27/h5-10,20-21,33-34H,11-13H2,1-4H3,(H,30,36)(H,31,35)/t20-,21+/m0/s1. The molecule has 0 bridgehead atoms.